The molecule has 2 aromatic carbocycles. The molecule has 168 valence electrons. The van der Waals surface area contributed by atoms with Gasteiger partial charge in [0.15, 0.2) is 0 Å². The number of ether oxygens (including phenoxy) is 1. The molecule has 2 heterocycles. The molecule has 4 rings (SSSR count). The normalized spacial score (nSPS) is 16.9. The van der Waals surface area contributed by atoms with Gasteiger partial charge in [0.2, 0.25) is 21.7 Å². The van der Waals surface area contributed by atoms with Gasteiger partial charge in [0.05, 0.1) is 11.5 Å². The summed E-state index contributed by atoms with van der Waals surface area (Å²) in [6, 6.07) is 12.5. The van der Waals surface area contributed by atoms with Crippen LogP contribution >= 0.6 is 0 Å². The fraction of sp³-hybridized carbons (Fsp3) is 0.304. The van der Waals surface area contributed by atoms with E-state index in [2.05, 4.69) is 5.32 Å². The van der Waals surface area contributed by atoms with Crippen molar-refractivity contribution < 1.29 is 27.2 Å². The first-order valence-corrected chi connectivity index (χ1v) is 11.8. The highest BCUT2D eigenvalue weighted by molar-refractivity contribution is 7.89. The van der Waals surface area contributed by atoms with Crippen molar-refractivity contribution in [1.82, 2.24) is 4.31 Å². The van der Waals surface area contributed by atoms with Gasteiger partial charge in [0.25, 0.3) is 0 Å². The first-order chi connectivity index (χ1) is 15.3. The van der Waals surface area contributed by atoms with Crippen molar-refractivity contribution in [2.45, 2.75) is 37.6 Å². The topological polar surface area (TPSA) is 106 Å². The molecular formula is C23H24N2O6S. The van der Waals surface area contributed by atoms with Crippen LogP contribution in [0.5, 0.6) is 0 Å². The number of carbonyl (C=O) groups excluding carboxylic acids is 2. The number of nitrogens with zero attached hydrogens (tertiary/aromatic N) is 1. The molecule has 1 N–H and O–H groups in total. The number of fused-ring (bicyclic) bond motifs is 1. The van der Waals surface area contributed by atoms with E-state index in [0.717, 1.165) is 5.56 Å². The molecule has 0 bridgehead atoms. The monoisotopic (exact) mass is 456 g/mol. The molecule has 0 radical (unpaired) electrons. The Labute approximate surface area is 186 Å². The molecule has 1 fully saturated rings. The van der Waals surface area contributed by atoms with Crippen LogP contribution in [0.3, 0.4) is 0 Å². The van der Waals surface area contributed by atoms with E-state index in [-0.39, 0.29) is 29.5 Å². The number of furan rings is 1. The fourth-order valence-corrected chi connectivity index (χ4v) is 5.51. The number of aryl methyl sites for hydroxylation is 1. The maximum Gasteiger partial charge on any atom is 0.376 e. The third-order valence-corrected chi connectivity index (χ3v) is 7.36. The predicted octanol–water partition coefficient (Wildman–Crippen LogP) is 3.71. The second-order valence-electron chi connectivity index (χ2n) is 7.60. The van der Waals surface area contributed by atoms with E-state index in [4.69, 9.17) is 9.15 Å². The van der Waals surface area contributed by atoms with Gasteiger partial charge < -0.3 is 14.5 Å². The van der Waals surface area contributed by atoms with Crippen molar-refractivity contribution in [3.05, 3.63) is 59.9 Å². The lowest BCUT2D eigenvalue weighted by molar-refractivity contribution is -0.119. The SMILES string of the molecule is CCOC(=O)c1oc2ccccc2c1NC(=O)C1CCCN1S(=O)(=O)c1ccc(C)cc1. The average Bonchev–Trinajstić information content (AvgIpc) is 3.40. The number of hydrogen-bond donors (Lipinski definition) is 1. The van der Waals surface area contributed by atoms with Crippen LogP contribution in [0.25, 0.3) is 11.0 Å². The summed E-state index contributed by atoms with van der Waals surface area (Å²) in [5.74, 6) is -1.34. The van der Waals surface area contributed by atoms with Gasteiger partial charge in [-0.15, -0.1) is 0 Å². The summed E-state index contributed by atoms with van der Waals surface area (Å²) in [6.45, 7) is 3.93. The lowest BCUT2D eigenvalue weighted by Gasteiger charge is -2.23. The lowest BCUT2D eigenvalue weighted by atomic mass is 10.2. The first kappa shape index (κ1) is 22.0. The molecule has 9 heteroatoms. The van der Waals surface area contributed by atoms with Gasteiger partial charge in [-0.05, 0) is 51.0 Å². The highest BCUT2D eigenvalue weighted by Gasteiger charge is 2.40. The van der Waals surface area contributed by atoms with E-state index >= 15 is 0 Å². The minimum atomic E-state index is -3.85. The second-order valence-corrected chi connectivity index (χ2v) is 9.49. The molecule has 1 aliphatic heterocycles. The number of amides is 1. The first-order valence-electron chi connectivity index (χ1n) is 10.4. The molecule has 32 heavy (non-hydrogen) atoms. The summed E-state index contributed by atoms with van der Waals surface area (Å²) in [6.07, 6.45) is 0.932. The molecule has 1 aromatic heterocycles. The van der Waals surface area contributed by atoms with Crippen LogP contribution in [-0.2, 0) is 19.6 Å². The number of carbonyl (C=O) groups is 2. The maximum absolute atomic E-state index is 13.2. The Kier molecular flexibility index (Phi) is 6.03. The average molecular weight is 457 g/mol. The summed E-state index contributed by atoms with van der Waals surface area (Å²) in [5, 5.41) is 3.27. The van der Waals surface area contributed by atoms with Gasteiger partial charge >= 0.3 is 5.97 Å². The number of anilines is 1. The molecule has 1 unspecified atom stereocenters. The Hall–Kier alpha value is -3.17. The summed E-state index contributed by atoms with van der Waals surface area (Å²) in [4.78, 5) is 25.8. The van der Waals surface area contributed by atoms with Crippen molar-refractivity contribution in [3.63, 3.8) is 0 Å². The van der Waals surface area contributed by atoms with Crippen molar-refractivity contribution in [2.24, 2.45) is 0 Å². The van der Waals surface area contributed by atoms with E-state index in [9.17, 15) is 18.0 Å². The quantitative estimate of drug-likeness (QED) is 0.567. The summed E-state index contributed by atoms with van der Waals surface area (Å²) >= 11 is 0. The van der Waals surface area contributed by atoms with Gasteiger partial charge in [0, 0.05) is 11.9 Å². The highest BCUT2D eigenvalue weighted by Crippen LogP contribution is 2.33. The zero-order valence-corrected chi connectivity index (χ0v) is 18.6. The van der Waals surface area contributed by atoms with Crippen LogP contribution in [0.4, 0.5) is 5.69 Å². The molecule has 0 spiro atoms. The van der Waals surface area contributed by atoms with E-state index in [1.165, 1.54) is 4.31 Å². The number of nitrogens with one attached hydrogen (secondary N) is 1. The molecule has 1 saturated heterocycles. The molecule has 1 atom stereocenters. The van der Waals surface area contributed by atoms with Gasteiger partial charge in [0.1, 0.15) is 17.3 Å². The van der Waals surface area contributed by atoms with Crippen LogP contribution in [0.1, 0.15) is 35.9 Å². The zero-order chi connectivity index (χ0) is 22.9. The number of esters is 1. The molecular weight excluding hydrogens is 432 g/mol. The van der Waals surface area contributed by atoms with E-state index in [1.54, 1.807) is 55.5 Å². The van der Waals surface area contributed by atoms with Crippen LogP contribution in [0, 0.1) is 6.92 Å². The van der Waals surface area contributed by atoms with Crippen LogP contribution < -0.4 is 5.32 Å². The summed E-state index contributed by atoms with van der Waals surface area (Å²) in [7, 11) is -3.85. The minimum absolute atomic E-state index is 0.118. The number of rotatable bonds is 6. The Balaban J connectivity index is 1.65. The van der Waals surface area contributed by atoms with Gasteiger partial charge in [-0.1, -0.05) is 29.8 Å². The number of para-hydroxylation sites is 1. The van der Waals surface area contributed by atoms with Crippen molar-refractivity contribution in [2.75, 3.05) is 18.5 Å². The molecule has 0 saturated carbocycles. The molecule has 3 aromatic rings. The molecule has 8 nitrogen and oxygen atoms in total. The zero-order valence-electron chi connectivity index (χ0n) is 17.8. The van der Waals surface area contributed by atoms with Crippen LogP contribution in [-0.4, -0.2) is 43.8 Å². The number of benzene rings is 2. The summed E-state index contributed by atoms with van der Waals surface area (Å²) < 4.78 is 38.3. The predicted molar refractivity (Wildman–Crippen MR) is 119 cm³/mol. The van der Waals surface area contributed by atoms with Crippen LogP contribution in [0.2, 0.25) is 0 Å². The largest absolute Gasteiger partial charge is 0.460 e. The summed E-state index contributed by atoms with van der Waals surface area (Å²) in [5.41, 5.74) is 1.54. The lowest BCUT2D eigenvalue weighted by Crippen LogP contribution is -2.43. The van der Waals surface area contributed by atoms with Crippen molar-refractivity contribution in [1.29, 1.82) is 0 Å². The van der Waals surface area contributed by atoms with E-state index < -0.39 is 27.9 Å². The van der Waals surface area contributed by atoms with E-state index in [0.29, 0.717) is 23.8 Å². The fourth-order valence-electron chi connectivity index (χ4n) is 3.85. The smallest absolute Gasteiger partial charge is 0.376 e. The molecule has 1 aliphatic rings. The molecule has 0 aliphatic carbocycles. The third-order valence-electron chi connectivity index (χ3n) is 5.44. The number of sulfonamides is 1. The Morgan fingerprint density at radius 2 is 1.88 bits per heavy atom. The second kappa shape index (κ2) is 8.76. The van der Waals surface area contributed by atoms with Gasteiger partial charge in [-0.3, -0.25) is 4.79 Å². The third kappa shape index (κ3) is 4.01. The van der Waals surface area contributed by atoms with Gasteiger partial charge in [-0.25, -0.2) is 13.2 Å². The Morgan fingerprint density at radius 1 is 1.16 bits per heavy atom. The Morgan fingerprint density at radius 3 is 2.59 bits per heavy atom. The maximum atomic E-state index is 13.2. The van der Waals surface area contributed by atoms with E-state index in [1.807, 2.05) is 6.92 Å². The van der Waals surface area contributed by atoms with Crippen molar-refractivity contribution >= 4 is 38.6 Å². The number of hydrogen-bond acceptors (Lipinski definition) is 6. The van der Waals surface area contributed by atoms with Gasteiger partial charge in [-0.2, -0.15) is 4.31 Å². The standard InChI is InChI=1S/C23H24N2O6S/c1-3-30-23(27)21-20(17-7-4-5-9-19(17)31-21)24-22(26)18-8-6-14-25(18)32(28,29)16-12-10-15(2)11-13-16/h4-5,7,9-13,18H,3,6,8,14H2,1-2H3,(H,24,26). The van der Waals surface area contributed by atoms with Crippen molar-refractivity contribution in [3.8, 4) is 0 Å². The van der Waals surface area contributed by atoms with Crippen LogP contribution in [0.15, 0.2) is 57.8 Å². The Bertz CT molecular complexity index is 1260. The minimum Gasteiger partial charge on any atom is -0.460 e. The highest BCUT2D eigenvalue weighted by atomic mass is 32.2. The molecule has 1 amide bonds.